The molecule has 160 valence electrons. The number of carbonyl (C=O) groups excluding carboxylic acids is 1. The third-order valence-electron chi connectivity index (χ3n) is 5.88. The first kappa shape index (κ1) is 21.0. The summed E-state index contributed by atoms with van der Waals surface area (Å²) in [6.45, 7) is 3.02. The molecule has 0 saturated carbocycles. The maximum Gasteiger partial charge on any atom is 0.354 e. The predicted molar refractivity (Wildman–Crippen MR) is 114 cm³/mol. The monoisotopic (exact) mass is 431 g/mol. The highest BCUT2D eigenvalue weighted by Gasteiger charge is 2.26. The minimum atomic E-state index is -3.79. The van der Waals surface area contributed by atoms with Crippen LogP contribution in [-0.2, 0) is 41.2 Å². The van der Waals surface area contributed by atoms with Crippen molar-refractivity contribution in [1.82, 2.24) is 0 Å². The summed E-state index contributed by atoms with van der Waals surface area (Å²) in [6.07, 6.45) is 5.78. The van der Waals surface area contributed by atoms with Gasteiger partial charge in [0.05, 0.1) is 10.5 Å². The number of amides is 2. The standard InChI is InChI=1S/C22H26FN3O3S/c1-22(2,28)15-9-10-19(18(23)12-15)30(24,29)26-21(27)25-20-16-7-3-5-13(16)11-14-6-4-8-17(14)20/h9-12,28H,3-8H2,1-2H3,(H3,24,25,26,27,29). The molecule has 2 aliphatic rings. The summed E-state index contributed by atoms with van der Waals surface area (Å²) < 4.78 is 31.1. The average molecular weight is 432 g/mol. The van der Waals surface area contributed by atoms with Gasteiger partial charge in [0.15, 0.2) is 0 Å². The number of aryl methyl sites for hydroxylation is 2. The summed E-state index contributed by atoms with van der Waals surface area (Å²) in [5.74, 6) is -0.875. The number of halogens is 1. The van der Waals surface area contributed by atoms with Crippen LogP contribution in [0.25, 0.3) is 0 Å². The molecular formula is C22H26FN3O3S. The second-order valence-corrected chi connectivity index (χ2v) is 10.3. The normalized spacial score (nSPS) is 17.2. The molecule has 30 heavy (non-hydrogen) atoms. The molecule has 1 unspecified atom stereocenters. The number of nitrogens with two attached hydrogens (primary N) is 1. The molecule has 8 heteroatoms. The number of rotatable bonds is 3. The lowest BCUT2D eigenvalue weighted by Gasteiger charge is -2.18. The van der Waals surface area contributed by atoms with Crippen molar-refractivity contribution in [2.45, 2.75) is 62.9 Å². The van der Waals surface area contributed by atoms with Crippen LogP contribution in [-0.4, -0.2) is 15.3 Å². The van der Waals surface area contributed by atoms with Crippen LogP contribution in [0.3, 0.4) is 0 Å². The van der Waals surface area contributed by atoms with E-state index in [1.54, 1.807) is 0 Å². The summed E-state index contributed by atoms with van der Waals surface area (Å²) in [7, 11) is -3.79. The molecule has 0 bridgehead atoms. The van der Waals surface area contributed by atoms with Gasteiger partial charge in [-0.25, -0.2) is 18.5 Å². The van der Waals surface area contributed by atoms with E-state index in [2.05, 4.69) is 15.7 Å². The molecular weight excluding hydrogens is 405 g/mol. The molecule has 4 N–H and O–H groups in total. The second-order valence-electron chi connectivity index (χ2n) is 8.53. The van der Waals surface area contributed by atoms with Crippen LogP contribution in [0.2, 0.25) is 0 Å². The van der Waals surface area contributed by atoms with E-state index in [0.717, 1.165) is 61.4 Å². The fourth-order valence-corrected chi connectivity index (χ4v) is 5.38. The predicted octanol–water partition coefficient (Wildman–Crippen LogP) is 3.96. The molecule has 4 rings (SSSR count). The third-order valence-corrected chi connectivity index (χ3v) is 7.28. The number of urea groups is 1. The number of carbonyl (C=O) groups is 1. The van der Waals surface area contributed by atoms with Gasteiger partial charge in [0, 0.05) is 5.69 Å². The van der Waals surface area contributed by atoms with Crippen LogP contribution < -0.4 is 10.5 Å². The van der Waals surface area contributed by atoms with E-state index in [4.69, 9.17) is 5.14 Å². The molecule has 1 atom stereocenters. The van der Waals surface area contributed by atoms with E-state index in [9.17, 15) is 18.5 Å². The van der Waals surface area contributed by atoms with Crippen LogP contribution in [0.4, 0.5) is 14.9 Å². The van der Waals surface area contributed by atoms with Crippen LogP contribution in [0.1, 0.15) is 54.5 Å². The average Bonchev–Trinajstić information content (AvgIpc) is 3.28. The van der Waals surface area contributed by atoms with Gasteiger partial charge >= 0.3 is 6.03 Å². The summed E-state index contributed by atoms with van der Waals surface area (Å²) >= 11 is 0. The van der Waals surface area contributed by atoms with Crippen molar-refractivity contribution in [3.8, 4) is 0 Å². The number of nitrogens with one attached hydrogen (secondary N) is 1. The van der Waals surface area contributed by atoms with Crippen molar-refractivity contribution in [3.63, 3.8) is 0 Å². The number of aliphatic hydroxyl groups is 1. The molecule has 2 aromatic rings. The Kier molecular flexibility index (Phi) is 5.20. The molecule has 0 heterocycles. The van der Waals surface area contributed by atoms with Gasteiger partial charge in [-0.2, -0.15) is 0 Å². The van der Waals surface area contributed by atoms with Crippen molar-refractivity contribution in [2.75, 3.05) is 5.32 Å². The molecule has 0 radical (unpaired) electrons. The Hall–Kier alpha value is -2.29. The zero-order valence-electron chi connectivity index (χ0n) is 17.1. The summed E-state index contributed by atoms with van der Waals surface area (Å²) in [5, 5.41) is 18.6. The lowest BCUT2D eigenvalue weighted by atomic mass is 9.99. The van der Waals surface area contributed by atoms with Gasteiger partial charge in [0.1, 0.15) is 15.7 Å². The van der Waals surface area contributed by atoms with E-state index in [0.29, 0.717) is 5.56 Å². The number of hydrogen-bond donors (Lipinski definition) is 3. The molecule has 0 aliphatic heterocycles. The maximum atomic E-state index is 14.6. The molecule has 6 nitrogen and oxygen atoms in total. The fourth-order valence-electron chi connectivity index (χ4n) is 4.39. The minimum absolute atomic E-state index is 0.304. The SMILES string of the molecule is CC(C)(O)c1ccc(S(N)(=O)=NC(=O)Nc2c3c(cc4c2CCC4)CCC3)c(F)c1. The molecule has 0 spiro atoms. The Morgan fingerprint density at radius 2 is 1.73 bits per heavy atom. The highest BCUT2D eigenvalue weighted by molar-refractivity contribution is 7.91. The van der Waals surface area contributed by atoms with Gasteiger partial charge in [-0.15, -0.1) is 4.36 Å². The topological polar surface area (TPSA) is 105 Å². The van der Waals surface area contributed by atoms with Crippen molar-refractivity contribution < 1.29 is 18.5 Å². The van der Waals surface area contributed by atoms with Gasteiger partial charge < -0.3 is 10.4 Å². The number of nitrogens with zero attached hydrogens (tertiary/aromatic N) is 1. The Morgan fingerprint density at radius 3 is 2.27 bits per heavy atom. The molecule has 0 saturated heterocycles. The van der Waals surface area contributed by atoms with Crippen molar-refractivity contribution in [1.29, 1.82) is 0 Å². The Morgan fingerprint density at radius 1 is 1.13 bits per heavy atom. The highest BCUT2D eigenvalue weighted by atomic mass is 32.2. The minimum Gasteiger partial charge on any atom is -0.386 e. The molecule has 2 aromatic carbocycles. The first-order chi connectivity index (χ1) is 14.1. The quantitative estimate of drug-likeness (QED) is 0.685. The van der Waals surface area contributed by atoms with Crippen LogP contribution in [0.5, 0.6) is 0 Å². The number of anilines is 1. The van der Waals surface area contributed by atoms with E-state index in [1.807, 2.05) is 0 Å². The third kappa shape index (κ3) is 3.87. The number of fused-ring (bicyclic) bond motifs is 2. The molecule has 2 amide bonds. The van der Waals surface area contributed by atoms with Crippen molar-refractivity contribution >= 4 is 21.6 Å². The van der Waals surface area contributed by atoms with Crippen LogP contribution in [0, 0.1) is 5.82 Å². The first-order valence-corrected chi connectivity index (χ1v) is 11.7. The second kappa shape index (κ2) is 7.44. The van der Waals surface area contributed by atoms with Crippen molar-refractivity contribution in [2.24, 2.45) is 9.50 Å². The van der Waals surface area contributed by atoms with Crippen LogP contribution >= 0.6 is 0 Å². The van der Waals surface area contributed by atoms with Crippen molar-refractivity contribution in [3.05, 3.63) is 57.9 Å². The Labute approximate surface area is 176 Å². The van der Waals surface area contributed by atoms with Gasteiger partial charge in [0.25, 0.3) is 0 Å². The van der Waals surface area contributed by atoms with E-state index in [-0.39, 0.29) is 4.90 Å². The van der Waals surface area contributed by atoms with Gasteiger partial charge in [0.2, 0.25) is 0 Å². The van der Waals surface area contributed by atoms with Gasteiger partial charge in [-0.3, -0.25) is 0 Å². The van der Waals surface area contributed by atoms with E-state index < -0.39 is 27.4 Å². The molecule has 0 aromatic heterocycles. The van der Waals surface area contributed by atoms with Crippen LogP contribution in [0.15, 0.2) is 33.5 Å². The largest absolute Gasteiger partial charge is 0.386 e. The lowest BCUT2D eigenvalue weighted by molar-refractivity contribution is 0.0781. The fraction of sp³-hybridized carbons (Fsp3) is 0.409. The molecule has 2 aliphatic carbocycles. The molecule has 0 fully saturated rings. The summed E-state index contributed by atoms with van der Waals surface area (Å²) in [6, 6.07) is 5.09. The highest BCUT2D eigenvalue weighted by Crippen LogP contribution is 2.38. The first-order valence-electron chi connectivity index (χ1n) is 10.1. The Balaban J connectivity index is 1.67. The van der Waals surface area contributed by atoms with E-state index in [1.165, 1.54) is 37.1 Å². The summed E-state index contributed by atoms with van der Waals surface area (Å²) in [5.41, 5.74) is 4.52. The zero-order chi connectivity index (χ0) is 21.7. The van der Waals surface area contributed by atoms with Gasteiger partial charge in [-0.1, -0.05) is 12.1 Å². The lowest BCUT2D eigenvalue weighted by Crippen LogP contribution is -2.21. The number of benzene rings is 2. The zero-order valence-corrected chi connectivity index (χ0v) is 17.9. The summed E-state index contributed by atoms with van der Waals surface area (Å²) in [4.78, 5) is 12.3. The van der Waals surface area contributed by atoms with Gasteiger partial charge in [-0.05, 0) is 92.3 Å². The van der Waals surface area contributed by atoms with E-state index >= 15 is 0 Å². The number of hydrogen-bond acceptors (Lipinski definition) is 3. The maximum absolute atomic E-state index is 14.6. The Bertz CT molecular complexity index is 1130. The smallest absolute Gasteiger partial charge is 0.354 e.